The third-order valence-electron chi connectivity index (χ3n) is 4.18. The minimum Gasteiger partial charge on any atom is -0.391 e. The van der Waals surface area contributed by atoms with E-state index in [9.17, 15) is 13.2 Å². The van der Waals surface area contributed by atoms with Crippen molar-refractivity contribution in [1.82, 2.24) is 9.38 Å². The van der Waals surface area contributed by atoms with Crippen molar-refractivity contribution in [2.75, 3.05) is 0 Å². The highest BCUT2D eigenvalue weighted by Crippen LogP contribution is 2.29. The summed E-state index contributed by atoms with van der Waals surface area (Å²) >= 11 is 4.93. The quantitative estimate of drug-likeness (QED) is 0.245. The van der Waals surface area contributed by atoms with Crippen molar-refractivity contribution in [3.05, 3.63) is 81.4 Å². The second-order valence-corrected chi connectivity index (χ2v) is 7.90. The number of hydrogen-bond donors (Lipinski definition) is 0. The van der Waals surface area contributed by atoms with Crippen molar-refractivity contribution >= 4 is 38.4 Å². The van der Waals surface area contributed by atoms with E-state index >= 15 is 0 Å². The molecule has 0 N–H and O–H groups in total. The highest BCUT2D eigenvalue weighted by molar-refractivity contribution is 9.10. The molecule has 29 heavy (non-hydrogen) atoms. The molecular weight excluding hydrogens is 467 g/mol. The lowest BCUT2D eigenvalue weighted by atomic mass is 10.1. The molecule has 0 fully saturated rings. The topological polar surface area (TPSA) is 38.9 Å². The number of alkyl halides is 3. The van der Waals surface area contributed by atoms with Gasteiger partial charge in [-0.25, -0.2) is 4.98 Å². The van der Waals surface area contributed by atoms with Crippen molar-refractivity contribution < 1.29 is 18.0 Å². The summed E-state index contributed by atoms with van der Waals surface area (Å²) in [5, 5.41) is 5.93. The van der Waals surface area contributed by atoms with Crippen LogP contribution in [0.2, 0.25) is 0 Å². The molecule has 0 atom stereocenters. The van der Waals surface area contributed by atoms with Crippen LogP contribution in [-0.2, 0) is 17.6 Å². The summed E-state index contributed by atoms with van der Waals surface area (Å²) < 4.78 is 40.7. The smallest absolute Gasteiger partial charge is 0.391 e. The molecule has 9 heteroatoms. The van der Waals surface area contributed by atoms with E-state index in [1.54, 1.807) is 6.21 Å². The molecule has 2 aromatic heterocycles. The second kappa shape index (κ2) is 8.00. The van der Waals surface area contributed by atoms with Gasteiger partial charge in [-0.3, -0.25) is 4.40 Å². The highest BCUT2D eigenvalue weighted by atomic mass is 79.9. The molecule has 0 unspecified atom stereocenters. The van der Waals surface area contributed by atoms with Crippen LogP contribution in [0, 0.1) is 0 Å². The zero-order valence-corrected chi connectivity index (χ0v) is 17.1. The molecule has 2 aromatic carbocycles. The Balaban J connectivity index is 1.51. The van der Waals surface area contributed by atoms with Gasteiger partial charge in [-0.2, -0.15) is 13.2 Å². The maximum Gasteiger partial charge on any atom is 0.416 e. The number of nitrogens with zero attached hydrogens (tertiary/aromatic N) is 3. The van der Waals surface area contributed by atoms with Crippen molar-refractivity contribution in [2.24, 2.45) is 5.16 Å². The summed E-state index contributed by atoms with van der Waals surface area (Å²) in [6.07, 6.45) is -0.893. The van der Waals surface area contributed by atoms with Gasteiger partial charge in [0.25, 0.3) is 0 Å². The van der Waals surface area contributed by atoms with E-state index in [1.807, 2.05) is 40.2 Å². The van der Waals surface area contributed by atoms with Gasteiger partial charge in [0.15, 0.2) is 4.96 Å². The Morgan fingerprint density at radius 2 is 1.83 bits per heavy atom. The number of hydrogen-bond acceptors (Lipinski definition) is 4. The van der Waals surface area contributed by atoms with Crippen LogP contribution < -0.4 is 0 Å². The summed E-state index contributed by atoms with van der Waals surface area (Å²) in [5.74, 6) is 0. The van der Waals surface area contributed by atoms with Gasteiger partial charge in [0.1, 0.15) is 6.61 Å². The van der Waals surface area contributed by atoms with Crippen molar-refractivity contribution in [3.8, 4) is 11.3 Å². The maximum absolute atomic E-state index is 12.6. The largest absolute Gasteiger partial charge is 0.416 e. The molecule has 0 spiro atoms. The van der Waals surface area contributed by atoms with E-state index in [4.69, 9.17) is 4.84 Å². The number of rotatable bonds is 5. The Hall–Kier alpha value is -2.65. The van der Waals surface area contributed by atoms with Crippen LogP contribution in [0.1, 0.15) is 16.8 Å². The molecular formula is C20H13BrF3N3OS. The Morgan fingerprint density at radius 3 is 2.52 bits per heavy atom. The van der Waals surface area contributed by atoms with Crippen LogP contribution in [0.25, 0.3) is 16.2 Å². The van der Waals surface area contributed by atoms with Gasteiger partial charge in [0.05, 0.1) is 23.2 Å². The minimum absolute atomic E-state index is 0.0633. The number of imidazole rings is 1. The molecule has 148 valence electrons. The molecule has 0 aliphatic heterocycles. The minimum atomic E-state index is -4.35. The SMILES string of the molecule is FC(F)(F)c1ccc(CO/N=C\c2c(-c3ccc(Br)cc3)nc3sccn23)cc1. The van der Waals surface area contributed by atoms with Crippen LogP contribution in [0.3, 0.4) is 0 Å². The summed E-state index contributed by atoms with van der Waals surface area (Å²) in [7, 11) is 0. The Bertz CT molecular complexity index is 1150. The molecule has 4 rings (SSSR count). The van der Waals surface area contributed by atoms with Crippen LogP contribution >= 0.6 is 27.3 Å². The molecule has 0 amide bonds. The normalized spacial score (nSPS) is 12.1. The summed E-state index contributed by atoms with van der Waals surface area (Å²) in [6, 6.07) is 12.6. The number of fused-ring (bicyclic) bond motifs is 1. The van der Waals surface area contributed by atoms with Gasteiger partial charge in [-0.1, -0.05) is 45.4 Å². The van der Waals surface area contributed by atoms with E-state index in [1.165, 1.54) is 23.5 Å². The average Bonchev–Trinajstić information content (AvgIpc) is 3.27. The molecule has 4 aromatic rings. The second-order valence-electron chi connectivity index (χ2n) is 6.11. The van der Waals surface area contributed by atoms with E-state index in [0.29, 0.717) is 5.56 Å². The summed E-state index contributed by atoms with van der Waals surface area (Å²) in [6.45, 7) is 0.0633. The highest BCUT2D eigenvalue weighted by Gasteiger charge is 2.29. The third-order valence-corrected chi connectivity index (χ3v) is 5.46. The first-order valence-corrected chi connectivity index (χ1v) is 10.1. The number of aromatic nitrogens is 2. The first-order valence-electron chi connectivity index (χ1n) is 8.45. The number of oxime groups is 1. The molecule has 0 aliphatic rings. The van der Waals surface area contributed by atoms with Gasteiger partial charge in [-0.15, -0.1) is 11.3 Å². The molecule has 0 radical (unpaired) electrons. The Kier molecular flexibility index (Phi) is 5.42. The van der Waals surface area contributed by atoms with Crippen LogP contribution in [0.15, 0.2) is 69.7 Å². The lowest BCUT2D eigenvalue weighted by Crippen LogP contribution is -2.04. The van der Waals surface area contributed by atoms with Gasteiger partial charge in [-0.05, 0) is 29.8 Å². The number of thiazole rings is 1. The maximum atomic E-state index is 12.6. The van der Waals surface area contributed by atoms with E-state index in [-0.39, 0.29) is 6.61 Å². The predicted molar refractivity (Wildman–Crippen MR) is 110 cm³/mol. The first kappa shape index (κ1) is 19.7. The third kappa shape index (κ3) is 4.35. The van der Waals surface area contributed by atoms with Gasteiger partial charge >= 0.3 is 6.18 Å². The van der Waals surface area contributed by atoms with Crippen LogP contribution in [0.4, 0.5) is 13.2 Å². The average molecular weight is 480 g/mol. The van der Waals surface area contributed by atoms with Gasteiger partial charge in [0.2, 0.25) is 0 Å². The van der Waals surface area contributed by atoms with E-state index in [2.05, 4.69) is 26.1 Å². The van der Waals surface area contributed by atoms with Crippen molar-refractivity contribution in [3.63, 3.8) is 0 Å². The van der Waals surface area contributed by atoms with Gasteiger partial charge < -0.3 is 4.84 Å². The fraction of sp³-hybridized carbons (Fsp3) is 0.100. The predicted octanol–water partition coefficient (Wildman–Crippen LogP) is 6.39. The molecule has 4 nitrogen and oxygen atoms in total. The fourth-order valence-electron chi connectivity index (χ4n) is 2.74. The lowest BCUT2D eigenvalue weighted by Gasteiger charge is -2.07. The van der Waals surface area contributed by atoms with Crippen LogP contribution in [0.5, 0.6) is 0 Å². The zero-order chi connectivity index (χ0) is 20.4. The standard InChI is InChI=1S/C20H13BrF3N3OS/c21-16-7-3-14(4-8-16)18-17(27-9-10-29-19(27)26-18)11-25-28-12-13-1-5-15(6-2-13)20(22,23)24/h1-11H,12H2/b25-11-. The molecule has 0 aliphatic carbocycles. The first-order chi connectivity index (χ1) is 13.9. The van der Waals surface area contributed by atoms with Crippen molar-refractivity contribution in [1.29, 1.82) is 0 Å². The Labute approximate surface area is 176 Å². The molecule has 2 heterocycles. The Morgan fingerprint density at radius 1 is 1.10 bits per heavy atom. The van der Waals surface area contributed by atoms with E-state index < -0.39 is 11.7 Å². The number of benzene rings is 2. The lowest BCUT2D eigenvalue weighted by molar-refractivity contribution is -0.137. The molecule has 0 saturated heterocycles. The fourth-order valence-corrected chi connectivity index (χ4v) is 3.72. The molecule has 0 bridgehead atoms. The van der Waals surface area contributed by atoms with Gasteiger partial charge in [0, 0.05) is 21.6 Å². The zero-order valence-electron chi connectivity index (χ0n) is 14.7. The van der Waals surface area contributed by atoms with E-state index in [0.717, 1.165) is 38.5 Å². The number of halogens is 4. The van der Waals surface area contributed by atoms with Crippen LogP contribution in [-0.4, -0.2) is 15.6 Å². The summed E-state index contributed by atoms with van der Waals surface area (Å²) in [4.78, 5) is 10.8. The molecule has 0 saturated carbocycles. The summed E-state index contributed by atoms with van der Waals surface area (Å²) in [5.41, 5.74) is 2.37. The van der Waals surface area contributed by atoms with Crippen molar-refractivity contribution in [2.45, 2.75) is 12.8 Å². The monoisotopic (exact) mass is 479 g/mol.